The molecule has 0 spiro atoms. The Morgan fingerprint density at radius 1 is 1.43 bits per heavy atom. The standard InChI is InChI=1S/C10H13N3O/c1-13(8-3-2-4-8)10-9(7-14)11-5-6-12-10/h5-8H,2-4H2,1H3. The molecule has 1 saturated carbocycles. The first-order valence-electron chi connectivity index (χ1n) is 4.82. The molecular formula is C10H13N3O. The minimum atomic E-state index is 0.432. The number of nitrogens with zero attached hydrogens (tertiary/aromatic N) is 3. The van der Waals surface area contributed by atoms with E-state index < -0.39 is 0 Å². The second-order valence-electron chi connectivity index (χ2n) is 3.58. The van der Waals surface area contributed by atoms with Crippen LogP contribution in [-0.4, -0.2) is 29.3 Å². The van der Waals surface area contributed by atoms with E-state index in [1.165, 1.54) is 19.3 Å². The summed E-state index contributed by atoms with van der Waals surface area (Å²) in [4.78, 5) is 21.0. The van der Waals surface area contributed by atoms with Crippen LogP contribution in [0.15, 0.2) is 12.4 Å². The highest BCUT2D eigenvalue weighted by atomic mass is 16.1. The van der Waals surface area contributed by atoms with Gasteiger partial charge in [0.05, 0.1) is 0 Å². The van der Waals surface area contributed by atoms with Gasteiger partial charge in [0.15, 0.2) is 12.1 Å². The Morgan fingerprint density at radius 3 is 2.71 bits per heavy atom. The topological polar surface area (TPSA) is 46.1 Å². The summed E-state index contributed by atoms with van der Waals surface area (Å²) >= 11 is 0. The van der Waals surface area contributed by atoms with Crippen LogP contribution in [0.2, 0.25) is 0 Å². The highest BCUT2D eigenvalue weighted by Gasteiger charge is 2.24. The van der Waals surface area contributed by atoms with E-state index in [4.69, 9.17) is 0 Å². The first kappa shape index (κ1) is 9.12. The highest BCUT2D eigenvalue weighted by Crippen LogP contribution is 2.27. The number of rotatable bonds is 3. The highest BCUT2D eigenvalue weighted by molar-refractivity contribution is 5.79. The molecule has 2 rings (SSSR count). The Labute approximate surface area is 83.0 Å². The molecule has 14 heavy (non-hydrogen) atoms. The molecular weight excluding hydrogens is 178 g/mol. The van der Waals surface area contributed by atoms with Gasteiger partial charge in [0.2, 0.25) is 0 Å². The molecule has 0 bridgehead atoms. The lowest BCUT2D eigenvalue weighted by Gasteiger charge is -2.35. The lowest BCUT2D eigenvalue weighted by molar-refractivity contribution is 0.111. The number of hydrogen-bond acceptors (Lipinski definition) is 4. The number of anilines is 1. The van der Waals surface area contributed by atoms with Gasteiger partial charge in [-0.2, -0.15) is 0 Å². The number of aromatic nitrogens is 2. The van der Waals surface area contributed by atoms with Crippen molar-refractivity contribution in [2.75, 3.05) is 11.9 Å². The molecule has 0 atom stereocenters. The van der Waals surface area contributed by atoms with E-state index in [2.05, 4.69) is 14.9 Å². The lowest BCUT2D eigenvalue weighted by Crippen LogP contribution is -2.38. The van der Waals surface area contributed by atoms with Gasteiger partial charge in [-0.3, -0.25) is 4.79 Å². The van der Waals surface area contributed by atoms with Crippen LogP contribution in [0.1, 0.15) is 29.8 Å². The quantitative estimate of drug-likeness (QED) is 0.675. The van der Waals surface area contributed by atoms with Gasteiger partial charge >= 0.3 is 0 Å². The smallest absolute Gasteiger partial charge is 0.172 e. The van der Waals surface area contributed by atoms with Gasteiger partial charge in [-0.05, 0) is 19.3 Å². The summed E-state index contributed by atoms with van der Waals surface area (Å²) in [5, 5.41) is 0. The van der Waals surface area contributed by atoms with E-state index in [1.54, 1.807) is 12.4 Å². The minimum Gasteiger partial charge on any atom is -0.355 e. The predicted molar refractivity (Wildman–Crippen MR) is 53.5 cm³/mol. The lowest BCUT2D eigenvalue weighted by atomic mass is 9.92. The maximum absolute atomic E-state index is 10.7. The van der Waals surface area contributed by atoms with Gasteiger partial charge in [0, 0.05) is 25.5 Å². The summed E-state index contributed by atoms with van der Waals surface area (Å²) in [7, 11) is 1.97. The maximum Gasteiger partial charge on any atom is 0.172 e. The van der Waals surface area contributed by atoms with Crippen molar-refractivity contribution in [3.05, 3.63) is 18.1 Å². The van der Waals surface area contributed by atoms with Crippen LogP contribution in [0.3, 0.4) is 0 Å². The van der Waals surface area contributed by atoms with Crippen molar-refractivity contribution < 1.29 is 4.79 Å². The van der Waals surface area contributed by atoms with Crippen LogP contribution in [-0.2, 0) is 0 Å². The summed E-state index contributed by atoms with van der Waals surface area (Å²) in [5.41, 5.74) is 0.432. The number of aldehydes is 1. The molecule has 0 saturated heterocycles. The Morgan fingerprint density at radius 2 is 2.14 bits per heavy atom. The Hall–Kier alpha value is -1.45. The molecule has 0 aromatic carbocycles. The molecule has 0 aliphatic heterocycles. The van der Waals surface area contributed by atoms with E-state index in [-0.39, 0.29) is 0 Å². The average Bonchev–Trinajstić information content (AvgIpc) is 2.15. The third-order valence-electron chi connectivity index (χ3n) is 2.77. The predicted octanol–water partition coefficient (Wildman–Crippen LogP) is 1.28. The molecule has 1 heterocycles. The van der Waals surface area contributed by atoms with Crippen LogP contribution >= 0.6 is 0 Å². The fourth-order valence-electron chi connectivity index (χ4n) is 1.64. The average molecular weight is 191 g/mol. The molecule has 0 N–H and O–H groups in total. The zero-order valence-electron chi connectivity index (χ0n) is 8.18. The van der Waals surface area contributed by atoms with Crippen molar-refractivity contribution in [2.24, 2.45) is 0 Å². The summed E-state index contributed by atoms with van der Waals surface area (Å²) in [6.45, 7) is 0. The zero-order valence-corrected chi connectivity index (χ0v) is 8.18. The molecule has 4 heteroatoms. The van der Waals surface area contributed by atoms with E-state index >= 15 is 0 Å². The number of carbonyl (C=O) groups is 1. The van der Waals surface area contributed by atoms with E-state index in [1.807, 2.05) is 7.05 Å². The van der Waals surface area contributed by atoms with E-state index in [0.29, 0.717) is 17.6 Å². The van der Waals surface area contributed by atoms with Crippen LogP contribution < -0.4 is 4.90 Å². The Kier molecular flexibility index (Phi) is 2.43. The SMILES string of the molecule is CN(c1nccnc1C=O)C1CCC1. The van der Waals surface area contributed by atoms with Gasteiger partial charge in [0.1, 0.15) is 5.69 Å². The van der Waals surface area contributed by atoms with Crippen molar-refractivity contribution in [1.82, 2.24) is 9.97 Å². The number of hydrogen-bond donors (Lipinski definition) is 0. The van der Waals surface area contributed by atoms with Crippen LogP contribution in [0, 0.1) is 0 Å². The second-order valence-corrected chi connectivity index (χ2v) is 3.58. The third kappa shape index (κ3) is 1.47. The van der Waals surface area contributed by atoms with Crippen LogP contribution in [0.25, 0.3) is 0 Å². The number of carbonyl (C=O) groups excluding carboxylic acids is 1. The minimum absolute atomic E-state index is 0.432. The van der Waals surface area contributed by atoms with Crippen molar-refractivity contribution in [3.8, 4) is 0 Å². The summed E-state index contributed by atoms with van der Waals surface area (Å²) in [6, 6.07) is 0.533. The molecule has 0 unspecified atom stereocenters. The molecule has 0 amide bonds. The first-order valence-corrected chi connectivity index (χ1v) is 4.82. The second kappa shape index (κ2) is 3.74. The normalized spacial score (nSPS) is 16.1. The Bertz CT molecular complexity index is 336. The fraction of sp³-hybridized carbons (Fsp3) is 0.500. The molecule has 4 nitrogen and oxygen atoms in total. The van der Waals surface area contributed by atoms with Gasteiger partial charge < -0.3 is 4.90 Å². The van der Waals surface area contributed by atoms with E-state index in [0.717, 1.165) is 6.29 Å². The van der Waals surface area contributed by atoms with Crippen molar-refractivity contribution >= 4 is 12.1 Å². The molecule has 74 valence electrons. The molecule has 1 fully saturated rings. The van der Waals surface area contributed by atoms with Crippen LogP contribution in [0.5, 0.6) is 0 Å². The van der Waals surface area contributed by atoms with Crippen molar-refractivity contribution in [2.45, 2.75) is 25.3 Å². The molecule has 1 aliphatic rings. The van der Waals surface area contributed by atoms with Crippen molar-refractivity contribution in [1.29, 1.82) is 0 Å². The maximum atomic E-state index is 10.7. The van der Waals surface area contributed by atoms with Gasteiger partial charge in [0.25, 0.3) is 0 Å². The van der Waals surface area contributed by atoms with E-state index in [9.17, 15) is 4.79 Å². The third-order valence-corrected chi connectivity index (χ3v) is 2.77. The van der Waals surface area contributed by atoms with Gasteiger partial charge in [-0.25, -0.2) is 9.97 Å². The summed E-state index contributed by atoms with van der Waals surface area (Å²) < 4.78 is 0. The zero-order chi connectivity index (χ0) is 9.97. The van der Waals surface area contributed by atoms with Crippen molar-refractivity contribution in [3.63, 3.8) is 0 Å². The van der Waals surface area contributed by atoms with Gasteiger partial charge in [-0.1, -0.05) is 0 Å². The first-order chi connectivity index (χ1) is 6.83. The largest absolute Gasteiger partial charge is 0.355 e. The van der Waals surface area contributed by atoms with Gasteiger partial charge in [-0.15, -0.1) is 0 Å². The summed E-state index contributed by atoms with van der Waals surface area (Å²) in [5.74, 6) is 0.701. The molecule has 0 radical (unpaired) electrons. The molecule has 1 aliphatic carbocycles. The summed E-state index contributed by atoms with van der Waals surface area (Å²) in [6.07, 6.45) is 7.57. The molecule has 1 aromatic rings. The fourth-order valence-corrected chi connectivity index (χ4v) is 1.64. The Balaban J connectivity index is 2.24. The monoisotopic (exact) mass is 191 g/mol. The molecule has 1 aromatic heterocycles. The van der Waals surface area contributed by atoms with Crippen LogP contribution in [0.4, 0.5) is 5.82 Å².